The first kappa shape index (κ1) is 14.1. The molecule has 0 amide bonds. The lowest BCUT2D eigenvalue weighted by molar-refractivity contribution is 1.09. The van der Waals surface area contributed by atoms with Crippen LogP contribution in [0.2, 0.25) is 0 Å². The van der Waals surface area contributed by atoms with Crippen LogP contribution in [-0.2, 0) is 0 Å². The summed E-state index contributed by atoms with van der Waals surface area (Å²) in [5, 5.41) is 1.11. The lowest BCUT2D eigenvalue weighted by Gasteiger charge is -2.06. The van der Waals surface area contributed by atoms with Gasteiger partial charge in [0.15, 0.2) is 0 Å². The third-order valence-electron chi connectivity index (χ3n) is 3.78. The third-order valence-corrected chi connectivity index (χ3v) is 3.78. The highest BCUT2D eigenvalue weighted by Gasteiger charge is 2.05. The van der Waals surface area contributed by atoms with E-state index in [-0.39, 0.29) is 0 Å². The smallest absolute Gasteiger partial charge is 0.144 e. The number of fused-ring (bicyclic) bond motifs is 1. The van der Waals surface area contributed by atoms with Crippen molar-refractivity contribution in [2.24, 2.45) is 10.7 Å². The number of amidine groups is 1. The number of benzene rings is 1. The fourth-order valence-corrected chi connectivity index (χ4v) is 2.59. The zero-order valence-electron chi connectivity index (χ0n) is 12.9. The van der Waals surface area contributed by atoms with Crippen LogP contribution in [0.5, 0.6) is 0 Å². The van der Waals surface area contributed by atoms with Crippen molar-refractivity contribution in [1.29, 1.82) is 0 Å². The van der Waals surface area contributed by atoms with Gasteiger partial charge in [0.05, 0.1) is 11.9 Å². The Labute approximate surface area is 139 Å². The highest BCUT2D eigenvalue weighted by Crippen LogP contribution is 2.19. The third kappa shape index (κ3) is 2.63. The lowest BCUT2D eigenvalue weighted by Crippen LogP contribution is -2.12. The molecule has 0 aliphatic carbocycles. The average molecular weight is 313 g/mol. The summed E-state index contributed by atoms with van der Waals surface area (Å²) in [5.41, 5.74) is 9.65. The number of rotatable bonds is 3. The van der Waals surface area contributed by atoms with Crippen LogP contribution in [0.1, 0.15) is 5.56 Å². The summed E-state index contributed by atoms with van der Waals surface area (Å²) in [6.07, 6.45) is 7.20. The maximum atomic E-state index is 6.09. The van der Waals surface area contributed by atoms with Gasteiger partial charge in [0, 0.05) is 35.2 Å². The van der Waals surface area contributed by atoms with Crippen LogP contribution in [0.4, 0.5) is 5.69 Å². The molecule has 0 unspecified atom stereocenters. The lowest BCUT2D eigenvalue weighted by atomic mass is 10.2. The molecule has 3 aromatic heterocycles. The summed E-state index contributed by atoms with van der Waals surface area (Å²) in [7, 11) is 0. The Bertz CT molecular complexity index is 1000. The normalized spacial score (nSPS) is 11.8. The van der Waals surface area contributed by atoms with E-state index in [1.54, 1.807) is 18.6 Å². The molecule has 0 radical (unpaired) electrons. The van der Waals surface area contributed by atoms with E-state index in [4.69, 9.17) is 5.73 Å². The van der Waals surface area contributed by atoms with Crippen LogP contribution in [0, 0.1) is 0 Å². The number of pyridine rings is 2. The van der Waals surface area contributed by atoms with Crippen molar-refractivity contribution >= 4 is 22.6 Å². The Morgan fingerprint density at radius 2 is 1.79 bits per heavy atom. The fraction of sp³-hybridized carbons (Fsp3) is 0. The number of hydrogen-bond donors (Lipinski definition) is 1. The quantitative estimate of drug-likeness (QED) is 0.465. The molecule has 116 valence electrons. The standard InChI is InChI=1S/C19H15N5/c20-18(23-16-4-2-10-21-13-16)14-5-7-17(8-6-14)24-12-9-15-3-1-11-22-19(15)24/h1-13H,(H2,20,23). The van der Waals surface area contributed by atoms with Crippen molar-refractivity contribution in [2.45, 2.75) is 0 Å². The first-order chi connectivity index (χ1) is 11.8. The summed E-state index contributed by atoms with van der Waals surface area (Å²) in [6.45, 7) is 0. The molecule has 2 N–H and O–H groups in total. The summed E-state index contributed by atoms with van der Waals surface area (Å²) >= 11 is 0. The van der Waals surface area contributed by atoms with Crippen LogP contribution in [0.15, 0.2) is 84.4 Å². The molecule has 0 saturated carbocycles. The van der Waals surface area contributed by atoms with Crippen molar-refractivity contribution in [3.63, 3.8) is 0 Å². The van der Waals surface area contributed by atoms with Crippen LogP contribution in [-0.4, -0.2) is 20.4 Å². The van der Waals surface area contributed by atoms with Crippen LogP contribution < -0.4 is 5.73 Å². The van der Waals surface area contributed by atoms with Gasteiger partial charge in [0.25, 0.3) is 0 Å². The van der Waals surface area contributed by atoms with E-state index in [2.05, 4.69) is 21.0 Å². The van der Waals surface area contributed by atoms with Crippen molar-refractivity contribution in [3.8, 4) is 5.69 Å². The second-order valence-electron chi connectivity index (χ2n) is 5.36. The van der Waals surface area contributed by atoms with Crippen LogP contribution in [0.25, 0.3) is 16.7 Å². The van der Waals surface area contributed by atoms with E-state index in [1.165, 1.54) is 0 Å². The number of nitrogens with two attached hydrogens (primary N) is 1. The van der Waals surface area contributed by atoms with Gasteiger partial charge in [-0.05, 0) is 54.6 Å². The highest BCUT2D eigenvalue weighted by atomic mass is 15.0. The maximum Gasteiger partial charge on any atom is 0.144 e. The van der Waals surface area contributed by atoms with Crippen molar-refractivity contribution in [2.75, 3.05) is 0 Å². The molecule has 0 bridgehead atoms. The molecule has 0 fully saturated rings. The van der Waals surface area contributed by atoms with Crippen molar-refractivity contribution in [3.05, 3.63) is 84.9 Å². The Balaban J connectivity index is 1.67. The Kier molecular flexibility index (Phi) is 3.51. The molecule has 0 aliphatic heterocycles. The van der Waals surface area contributed by atoms with E-state index >= 15 is 0 Å². The molecule has 1 aromatic carbocycles. The van der Waals surface area contributed by atoms with E-state index in [9.17, 15) is 0 Å². The predicted molar refractivity (Wildman–Crippen MR) is 95.7 cm³/mol. The first-order valence-corrected chi connectivity index (χ1v) is 7.58. The van der Waals surface area contributed by atoms with Crippen LogP contribution in [0.3, 0.4) is 0 Å². The zero-order chi connectivity index (χ0) is 16.4. The van der Waals surface area contributed by atoms with E-state index in [0.29, 0.717) is 5.84 Å². The maximum absolute atomic E-state index is 6.09. The molecule has 0 saturated heterocycles. The van der Waals surface area contributed by atoms with Crippen LogP contribution >= 0.6 is 0 Å². The largest absolute Gasteiger partial charge is 0.383 e. The van der Waals surface area contributed by atoms with E-state index in [1.807, 2.05) is 59.3 Å². The minimum Gasteiger partial charge on any atom is -0.383 e. The van der Waals surface area contributed by atoms with Gasteiger partial charge in [0.1, 0.15) is 11.5 Å². The first-order valence-electron chi connectivity index (χ1n) is 7.58. The minimum atomic E-state index is 0.463. The van der Waals surface area contributed by atoms with Gasteiger partial charge in [-0.25, -0.2) is 9.98 Å². The fourth-order valence-electron chi connectivity index (χ4n) is 2.59. The van der Waals surface area contributed by atoms with Gasteiger partial charge in [-0.3, -0.25) is 4.98 Å². The zero-order valence-corrected chi connectivity index (χ0v) is 12.9. The second kappa shape index (κ2) is 5.96. The number of aromatic nitrogens is 3. The topological polar surface area (TPSA) is 69.1 Å². The van der Waals surface area contributed by atoms with Gasteiger partial charge >= 0.3 is 0 Å². The number of hydrogen-bond acceptors (Lipinski definition) is 3. The molecule has 0 spiro atoms. The SMILES string of the molecule is N/C(=N\c1cccnc1)c1ccc(-n2ccc3cccnc32)cc1. The van der Waals surface area contributed by atoms with Crippen molar-refractivity contribution < 1.29 is 0 Å². The Morgan fingerprint density at radius 3 is 2.58 bits per heavy atom. The molecule has 3 heterocycles. The monoisotopic (exact) mass is 313 g/mol. The minimum absolute atomic E-state index is 0.463. The molecule has 0 atom stereocenters. The summed E-state index contributed by atoms with van der Waals surface area (Å²) in [6, 6.07) is 17.7. The van der Waals surface area contributed by atoms with Gasteiger partial charge in [0.2, 0.25) is 0 Å². The van der Waals surface area contributed by atoms with Gasteiger partial charge in [-0.15, -0.1) is 0 Å². The van der Waals surface area contributed by atoms with E-state index < -0.39 is 0 Å². The number of nitrogens with zero attached hydrogens (tertiary/aromatic N) is 4. The van der Waals surface area contributed by atoms with Crippen molar-refractivity contribution in [1.82, 2.24) is 14.5 Å². The molecular formula is C19H15N5. The molecular weight excluding hydrogens is 298 g/mol. The van der Waals surface area contributed by atoms with Gasteiger partial charge < -0.3 is 10.3 Å². The Morgan fingerprint density at radius 1 is 0.958 bits per heavy atom. The predicted octanol–water partition coefficient (Wildman–Crippen LogP) is 3.46. The molecule has 5 heteroatoms. The molecule has 4 rings (SSSR count). The van der Waals surface area contributed by atoms with E-state index in [0.717, 1.165) is 28.0 Å². The summed E-state index contributed by atoms with van der Waals surface area (Å²) < 4.78 is 2.05. The average Bonchev–Trinajstić information content (AvgIpc) is 3.07. The second-order valence-corrected chi connectivity index (χ2v) is 5.36. The Hall–Kier alpha value is -3.47. The van der Waals surface area contributed by atoms with Gasteiger partial charge in [-0.1, -0.05) is 0 Å². The molecule has 5 nitrogen and oxygen atoms in total. The summed E-state index contributed by atoms with van der Waals surface area (Å²) in [5.74, 6) is 0.463. The molecule has 4 aromatic rings. The number of aliphatic imine (C=N–C) groups is 1. The molecule has 24 heavy (non-hydrogen) atoms. The summed E-state index contributed by atoms with van der Waals surface area (Å²) in [4.78, 5) is 12.9. The molecule has 0 aliphatic rings. The highest BCUT2D eigenvalue weighted by molar-refractivity contribution is 5.99. The van der Waals surface area contributed by atoms with Gasteiger partial charge in [-0.2, -0.15) is 0 Å².